The molecule has 2 aromatic rings. The summed E-state index contributed by atoms with van der Waals surface area (Å²) in [4.78, 5) is 13.2. The van der Waals surface area contributed by atoms with Gasteiger partial charge in [-0.1, -0.05) is 0 Å². The highest BCUT2D eigenvalue weighted by molar-refractivity contribution is 7.91. The Hall–Kier alpha value is -2.36. The summed E-state index contributed by atoms with van der Waals surface area (Å²) in [5.41, 5.74) is -0.187. The van der Waals surface area contributed by atoms with E-state index in [1.54, 1.807) is 6.92 Å². The van der Waals surface area contributed by atoms with Gasteiger partial charge >= 0.3 is 0 Å². The van der Waals surface area contributed by atoms with Crippen molar-refractivity contribution in [3.8, 4) is 11.4 Å². The van der Waals surface area contributed by atoms with Crippen molar-refractivity contribution in [1.82, 2.24) is 25.5 Å². The minimum Gasteiger partial charge on any atom is -0.348 e. The number of carbonyl (C=O) groups excluding carboxylic acids is 1. The second kappa shape index (κ2) is 5.93. The number of carbonyl (C=O) groups is 1. The Morgan fingerprint density at radius 3 is 2.71 bits per heavy atom. The van der Waals surface area contributed by atoms with E-state index in [0.717, 1.165) is 4.80 Å². The number of hydrogen-bond acceptors (Lipinski definition) is 6. The standard InChI is InChI=1S/C14H16FN5O3S/c1-14(6-7-24(22,23)9-14)16-12(21)8-20-18-13(17-19-20)10-2-4-11(15)5-3-10/h2-5H,6-9H2,1H3,(H,16,21)/t14-/m1/s1. The molecule has 8 nitrogen and oxygen atoms in total. The zero-order chi connectivity index (χ0) is 17.4. The highest BCUT2D eigenvalue weighted by Crippen LogP contribution is 2.22. The van der Waals surface area contributed by atoms with Crippen LogP contribution in [-0.4, -0.2) is 51.6 Å². The monoisotopic (exact) mass is 353 g/mol. The molecule has 1 amide bonds. The summed E-state index contributed by atoms with van der Waals surface area (Å²) in [7, 11) is -3.10. The third-order valence-electron chi connectivity index (χ3n) is 3.78. The highest BCUT2D eigenvalue weighted by Gasteiger charge is 2.39. The molecule has 1 aromatic carbocycles. The van der Waals surface area contributed by atoms with Gasteiger partial charge in [-0.05, 0) is 42.8 Å². The lowest BCUT2D eigenvalue weighted by molar-refractivity contribution is -0.123. The van der Waals surface area contributed by atoms with Gasteiger partial charge in [-0.2, -0.15) is 4.80 Å². The SMILES string of the molecule is C[C@@]1(NC(=O)Cn2nnc(-c3ccc(F)cc3)n2)CCS(=O)(=O)C1. The van der Waals surface area contributed by atoms with Crippen LogP contribution in [0.2, 0.25) is 0 Å². The molecule has 1 aromatic heterocycles. The van der Waals surface area contributed by atoms with Crippen molar-refractivity contribution in [2.75, 3.05) is 11.5 Å². The number of amides is 1. The van der Waals surface area contributed by atoms with E-state index < -0.39 is 21.3 Å². The maximum atomic E-state index is 12.9. The second-order valence-corrected chi connectivity index (χ2v) is 8.29. The third kappa shape index (κ3) is 3.75. The number of nitrogens with zero attached hydrogens (tertiary/aromatic N) is 4. The van der Waals surface area contributed by atoms with Gasteiger partial charge in [0.1, 0.15) is 12.4 Å². The molecule has 2 heterocycles. The summed E-state index contributed by atoms with van der Waals surface area (Å²) in [6.45, 7) is 1.53. The van der Waals surface area contributed by atoms with Crippen molar-refractivity contribution in [2.45, 2.75) is 25.4 Å². The average molecular weight is 353 g/mol. The number of halogens is 1. The van der Waals surface area contributed by atoms with E-state index in [-0.39, 0.29) is 29.7 Å². The predicted octanol–water partition coefficient (Wildman–Crippen LogP) is 0.173. The van der Waals surface area contributed by atoms with E-state index in [1.807, 2.05) is 0 Å². The van der Waals surface area contributed by atoms with Gasteiger partial charge in [-0.25, -0.2) is 12.8 Å². The fourth-order valence-corrected chi connectivity index (χ4v) is 4.73. The number of sulfone groups is 1. The molecule has 0 spiro atoms. The lowest BCUT2D eigenvalue weighted by Crippen LogP contribution is -2.48. The van der Waals surface area contributed by atoms with Crippen LogP contribution in [0.15, 0.2) is 24.3 Å². The quantitative estimate of drug-likeness (QED) is 0.840. The molecule has 10 heteroatoms. The van der Waals surface area contributed by atoms with Crippen molar-refractivity contribution >= 4 is 15.7 Å². The van der Waals surface area contributed by atoms with Crippen LogP contribution in [0.4, 0.5) is 4.39 Å². The summed E-state index contributed by atoms with van der Waals surface area (Å²) < 4.78 is 36.0. The van der Waals surface area contributed by atoms with E-state index in [4.69, 9.17) is 0 Å². The first-order valence-electron chi connectivity index (χ1n) is 7.30. The molecule has 1 saturated heterocycles. The maximum absolute atomic E-state index is 12.9. The number of hydrogen-bond donors (Lipinski definition) is 1. The van der Waals surface area contributed by atoms with Gasteiger partial charge in [0, 0.05) is 5.56 Å². The summed E-state index contributed by atoms with van der Waals surface area (Å²) >= 11 is 0. The Morgan fingerprint density at radius 1 is 1.38 bits per heavy atom. The number of tetrazole rings is 1. The summed E-state index contributed by atoms with van der Waals surface area (Å²) in [5, 5.41) is 14.4. The van der Waals surface area contributed by atoms with Gasteiger partial charge in [-0.3, -0.25) is 4.79 Å². The van der Waals surface area contributed by atoms with E-state index >= 15 is 0 Å². The minimum atomic E-state index is -3.10. The topological polar surface area (TPSA) is 107 Å². The molecule has 128 valence electrons. The molecule has 24 heavy (non-hydrogen) atoms. The Morgan fingerprint density at radius 2 is 2.08 bits per heavy atom. The van der Waals surface area contributed by atoms with Crippen LogP contribution in [0.5, 0.6) is 0 Å². The van der Waals surface area contributed by atoms with Gasteiger partial charge in [0.2, 0.25) is 11.7 Å². The molecule has 1 aliphatic rings. The molecule has 0 saturated carbocycles. The highest BCUT2D eigenvalue weighted by atomic mass is 32.2. The fourth-order valence-electron chi connectivity index (χ4n) is 2.64. The first kappa shape index (κ1) is 16.5. The largest absolute Gasteiger partial charge is 0.348 e. The van der Waals surface area contributed by atoms with E-state index in [2.05, 4.69) is 20.7 Å². The molecular formula is C14H16FN5O3S. The van der Waals surface area contributed by atoms with Gasteiger partial charge in [-0.15, -0.1) is 10.2 Å². The number of rotatable bonds is 4. The summed E-state index contributed by atoms with van der Waals surface area (Å²) in [5.74, 6) is -0.488. The van der Waals surface area contributed by atoms with Crippen molar-refractivity contribution in [3.05, 3.63) is 30.1 Å². The van der Waals surface area contributed by atoms with Crippen LogP contribution in [0.25, 0.3) is 11.4 Å². The Kier molecular flexibility index (Phi) is 4.08. The summed E-state index contributed by atoms with van der Waals surface area (Å²) in [6, 6.07) is 5.59. The molecule has 0 aliphatic carbocycles. The number of benzene rings is 1. The van der Waals surface area contributed by atoms with Crippen LogP contribution in [0, 0.1) is 5.82 Å². The Balaban J connectivity index is 1.64. The molecule has 1 atom stereocenters. The van der Waals surface area contributed by atoms with Crippen LogP contribution in [0.3, 0.4) is 0 Å². The van der Waals surface area contributed by atoms with Gasteiger partial charge in [0.25, 0.3) is 0 Å². The Bertz CT molecular complexity index is 865. The molecule has 1 fully saturated rings. The molecule has 0 unspecified atom stereocenters. The fraction of sp³-hybridized carbons (Fsp3) is 0.429. The van der Waals surface area contributed by atoms with Crippen LogP contribution in [-0.2, 0) is 21.2 Å². The average Bonchev–Trinajstić information content (AvgIpc) is 3.04. The van der Waals surface area contributed by atoms with E-state index in [9.17, 15) is 17.6 Å². The molecule has 3 rings (SSSR count). The lowest BCUT2D eigenvalue weighted by Gasteiger charge is -2.23. The van der Waals surface area contributed by atoms with Crippen LogP contribution >= 0.6 is 0 Å². The van der Waals surface area contributed by atoms with Gasteiger partial charge < -0.3 is 5.32 Å². The molecule has 1 aliphatic heterocycles. The number of nitrogens with one attached hydrogen (secondary N) is 1. The predicted molar refractivity (Wildman–Crippen MR) is 83.0 cm³/mol. The maximum Gasteiger partial charge on any atom is 0.244 e. The zero-order valence-corrected chi connectivity index (χ0v) is 13.8. The zero-order valence-electron chi connectivity index (χ0n) is 12.9. The van der Waals surface area contributed by atoms with Gasteiger partial charge in [0.05, 0.1) is 17.0 Å². The van der Waals surface area contributed by atoms with Crippen LogP contribution in [0.1, 0.15) is 13.3 Å². The molecule has 0 radical (unpaired) electrons. The normalized spacial score (nSPS) is 22.4. The Labute approximate surface area is 138 Å². The van der Waals surface area contributed by atoms with Crippen molar-refractivity contribution in [3.63, 3.8) is 0 Å². The molecular weight excluding hydrogens is 337 g/mol. The third-order valence-corrected chi connectivity index (χ3v) is 5.69. The molecule has 1 N–H and O–H groups in total. The van der Waals surface area contributed by atoms with Crippen molar-refractivity contribution < 1.29 is 17.6 Å². The lowest BCUT2D eigenvalue weighted by atomic mass is 10.0. The number of aromatic nitrogens is 4. The smallest absolute Gasteiger partial charge is 0.244 e. The first-order valence-corrected chi connectivity index (χ1v) is 9.12. The van der Waals surface area contributed by atoms with Crippen molar-refractivity contribution in [1.29, 1.82) is 0 Å². The second-order valence-electron chi connectivity index (χ2n) is 6.10. The van der Waals surface area contributed by atoms with Crippen molar-refractivity contribution in [2.24, 2.45) is 0 Å². The molecule has 0 bridgehead atoms. The minimum absolute atomic E-state index is 0.0695. The van der Waals surface area contributed by atoms with E-state index in [0.29, 0.717) is 12.0 Å². The first-order chi connectivity index (χ1) is 11.2. The van der Waals surface area contributed by atoms with Gasteiger partial charge in [0.15, 0.2) is 9.84 Å². The van der Waals surface area contributed by atoms with Crippen LogP contribution < -0.4 is 5.32 Å². The summed E-state index contributed by atoms with van der Waals surface area (Å²) in [6.07, 6.45) is 0.382. The van der Waals surface area contributed by atoms with E-state index in [1.165, 1.54) is 24.3 Å².